The highest BCUT2D eigenvalue weighted by molar-refractivity contribution is 7.99. The standard InChI is InChI=1S/C14H19NO3S/c1-12-2-3-13(18-12)4-5-14(16)17-9-6-15-7-10-19-11-8-15/h2-5H,6-11H2,1H3/b5-4-. The Bertz CT molecular complexity index is 436. The molecule has 1 aromatic heterocycles. The summed E-state index contributed by atoms with van der Waals surface area (Å²) in [6.45, 7) is 5.31. The van der Waals surface area contributed by atoms with Gasteiger partial charge in [0.05, 0.1) is 0 Å². The van der Waals surface area contributed by atoms with Gasteiger partial charge in [-0.15, -0.1) is 0 Å². The normalized spacial score (nSPS) is 16.9. The molecule has 1 saturated heterocycles. The molecule has 1 aliphatic rings. The molecule has 2 heterocycles. The Hall–Kier alpha value is -1.20. The number of carbonyl (C=O) groups excluding carboxylic acids is 1. The van der Waals surface area contributed by atoms with E-state index in [9.17, 15) is 4.79 Å². The fraction of sp³-hybridized carbons (Fsp3) is 0.500. The number of nitrogens with zero attached hydrogens (tertiary/aromatic N) is 1. The summed E-state index contributed by atoms with van der Waals surface area (Å²) in [5.41, 5.74) is 0. The summed E-state index contributed by atoms with van der Waals surface area (Å²) >= 11 is 1.98. The van der Waals surface area contributed by atoms with E-state index in [0.29, 0.717) is 12.4 Å². The molecule has 0 unspecified atom stereocenters. The maximum atomic E-state index is 11.5. The minimum Gasteiger partial charge on any atom is -0.462 e. The molecule has 104 valence electrons. The molecule has 0 atom stereocenters. The van der Waals surface area contributed by atoms with Crippen LogP contribution in [0, 0.1) is 6.92 Å². The van der Waals surface area contributed by atoms with Crippen LogP contribution in [-0.2, 0) is 9.53 Å². The van der Waals surface area contributed by atoms with Gasteiger partial charge in [-0.05, 0) is 25.1 Å². The van der Waals surface area contributed by atoms with Gasteiger partial charge in [0.1, 0.15) is 18.1 Å². The highest BCUT2D eigenvalue weighted by atomic mass is 32.2. The second-order valence-corrected chi connectivity index (χ2v) is 5.63. The van der Waals surface area contributed by atoms with Crippen molar-refractivity contribution in [1.82, 2.24) is 4.90 Å². The topological polar surface area (TPSA) is 42.7 Å². The average molecular weight is 281 g/mol. The fourth-order valence-electron chi connectivity index (χ4n) is 1.84. The molecule has 1 aromatic rings. The number of thioether (sulfide) groups is 1. The lowest BCUT2D eigenvalue weighted by Gasteiger charge is -2.25. The number of hydrogen-bond acceptors (Lipinski definition) is 5. The summed E-state index contributed by atoms with van der Waals surface area (Å²) < 4.78 is 10.5. The third-order valence-corrected chi connectivity index (χ3v) is 3.84. The largest absolute Gasteiger partial charge is 0.462 e. The lowest BCUT2D eigenvalue weighted by molar-refractivity contribution is -0.138. The molecule has 5 heteroatoms. The fourth-order valence-corrected chi connectivity index (χ4v) is 2.82. The first-order chi connectivity index (χ1) is 9.24. The van der Waals surface area contributed by atoms with E-state index in [2.05, 4.69) is 4.90 Å². The van der Waals surface area contributed by atoms with Crippen LogP contribution in [0.15, 0.2) is 22.6 Å². The predicted octanol–water partition coefficient (Wildman–Crippen LogP) is 2.19. The third kappa shape index (κ3) is 5.12. The van der Waals surface area contributed by atoms with E-state index in [4.69, 9.17) is 9.15 Å². The average Bonchev–Trinajstić information content (AvgIpc) is 2.83. The number of hydrogen-bond donors (Lipinski definition) is 0. The Labute approximate surface area is 117 Å². The summed E-state index contributed by atoms with van der Waals surface area (Å²) in [5.74, 6) is 3.52. The molecule has 0 bridgehead atoms. The summed E-state index contributed by atoms with van der Waals surface area (Å²) in [6, 6.07) is 3.68. The van der Waals surface area contributed by atoms with Gasteiger partial charge in [0.15, 0.2) is 0 Å². The van der Waals surface area contributed by atoms with Crippen molar-refractivity contribution >= 4 is 23.8 Å². The molecule has 1 fully saturated rings. The molecule has 0 amide bonds. The molecular formula is C14H19NO3S. The van der Waals surface area contributed by atoms with Crippen molar-refractivity contribution in [2.24, 2.45) is 0 Å². The van der Waals surface area contributed by atoms with Crippen LogP contribution in [0.3, 0.4) is 0 Å². The van der Waals surface area contributed by atoms with Gasteiger partial charge < -0.3 is 9.15 Å². The number of esters is 1. The van der Waals surface area contributed by atoms with Gasteiger partial charge in [0, 0.05) is 37.2 Å². The van der Waals surface area contributed by atoms with Gasteiger partial charge >= 0.3 is 5.97 Å². The van der Waals surface area contributed by atoms with Gasteiger partial charge in [-0.1, -0.05) is 0 Å². The number of ether oxygens (including phenoxy) is 1. The molecule has 0 saturated carbocycles. The van der Waals surface area contributed by atoms with E-state index in [1.54, 1.807) is 6.08 Å². The first-order valence-electron chi connectivity index (χ1n) is 6.45. The van der Waals surface area contributed by atoms with Crippen LogP contribution in [0.5, 0.6) is 0 Å². The van der Waals surface area contributed by atoms with Crippen LogP contribution >= 0.6 is 11.8 Å². The SMILES string of the molecule is Cc1ccc(/C=C\C(=O)OCCN2CCSCC2)o1. The first-order valence-corrected chi connectivity index (χ1v) is 7.61. The zero-order valence-corrected chi connectivity index (χ0v) is 11.9. The molecule has 0 N–H and O–H groups in total. The van der Waals surface area contributed by atoms with Crippen molar-refractivity contribution in [2.45, 2.75) is 6.92 Å². The molecule has 0 aliphatic carbocycles. The minimum absolute atomic E-state index is 0.319. The number of carbonyl (C=O) groups is 1. The van der Waals surface area contributed by atoms with Crippen molar-refractivity contribution in [3.63, 3.8) is 0 Å². The molecule has 1 aliphatic heterocycles. The zero-order valence-electron chi connectivity index (χ0n) is 11.1. The number of aryl methyl sites for hydroxylation is 1. The molecule has 19 heavy (non-hydrogen) atoms. The summed E-state index contributed by atoms with van der Waals surface area (Å²) in [7, 11) is 0. The first kappa shape index (κ1) is 14.2. The van der Waals surface area contributed by atoms with Gasteiger partial charge in [0.25, 0.3) is 0 Å². The van der Waals surface area contributed by atoms with E-state index < -0.39 is 0 Å². The Morgan fingerprint density at radius 1 is 1.47 bits per heavy atom. The zero-order chi connectivity index (χ0) is 13.5. The molecule has 2 rings (SSSR count). The van der Waals surface area contributed by atoms with Crippen LogP contribution in [-0.4, -0.2) is 48.6 Å². The Morgan fingerprint density at radius 3 is 2.95 bits per heavy atom. The Kier molecular flexibility index (Phi) is 5.54. The van der Waals surface area contributed by atoms with E-state index in [-0.39, 0.29) is 5.97 Å². The van der Waals surface area contributed by atoms with Crippen molar-refractivity contribution in [3.05, 3.63) is 29.7 Å². The Balaban J connectivity index is 1.65. The van der Waals surface area contributed by atoms with E-state index in [1.165, 1.54) is 17.6 Å². The third-order valence-electron chi connectivity index (χ3n) is 2.90. The smallest absolute Gasteiger partial charge is 0.330 e. The number of rotatable bonds is 5. The van der Waals surface area contributed by atoms with E-state index in [1.807, 2.05) is 30.8 Å². The quantitative estimate of drug-likeness (QED) is 0.611. The van der Waals surface area contributed by atoms with Crippen LogP contribution in [0.4, 0.5) is 0 Å². The lowest BCUT2D eigenvalue weighted by atomic mass is 10.4. The van der Waals surface area contributed by atoms with Crippen LogP contribution in [0.2, 0.25) is 0 Å². The monoisotopic (exact) mass is 281 g/mol. The van der Waals surface area contributed by atoms with Gasteiger partial charge in [-0.3, -0.25) is 4.90 Å². The lowest BCUT2D eigenvalue weighted by Crippen LogP contribution is -2.35. The van der Waals surface area contributed by atoms with Crippen molar-refractivity contribution in [2.75, 3.05) is 37.7 Å². The van der Waals surface area contributed by atoms with Gasteiger partial charge in [0.2, 0.25) is 0 Å². The van der Waals surface area contributed by atoms with Crippen LogP contribution in [0.25, 0.3) is 6.08 Å². The highest BCUT2D eigenvalue weighted by Crippen LogP contribution is 2.09. The minimum atomic E-state index is -0.319. The summed E-state index contributed by atoms with van der Waals surface area (Å²) in [4.78, 5) is 13.8. The second-order valence-electron chi connectivity index (χ2n) is 4.40. The number of furan rings is 1. The maximum absolute atomic E-state index is 11.5. The summed E-state index contributed by atoms with van der Waals surface area (Å²) in [5, 5.41) is 0. The van der Waals surface area contributed by atoms with Crippen molar-refractivity contribution in [1.29, 1.82) is 0 Å². The van der Waals surface area contributed by atoms with Crippen LogP contribution in [0.1, 0.15) is 11.5 Å². The highest BCUT2D eigenvalue weighted by Gasteiger charge is 2.10. The maximum Gasteiger partial charge on any atom is 0.330 e. The summed E-state index contributed by atoms with van der Waals surface area (Å²) in [6.07, 6.45) is 3.04. The predicted molar refractivity (Wildman–Crippen MR) is 77.2 cm³/mol. The Morgan fingerprint density at radius 2 is 2.26 bits per heavy atom. The van der Waals surface area contributed by atoms with Crippen molar-refractivity contribution in [3.8, 4) is 0 Å². The molecule has 4 nitrogen and oxygen atoms in total. The molecular weight excluding hydrogens is 262 g/mol. The van der Waals surface area contributed by atoms with E-state index >= 15 is 0 Å². The van der Waals surface area contributed by atoms with E-state index in [0.717, 1.165) is 25.4 Å². The van der Waals surface area contributed by atoms with Crippen LogP contribution < -0.4 is 0 Å². The molecule has 0 aromatic carbocycles. The second kappa shape index (κ2) is 7.40. The van der Waals surface area contributed by atoms with Crippen molar-refractivity contribution < 1.29 is 13.9 Å². The molecule has 0 radical (unpaired) electrons. The van der Waals surface area contributed by atoms with Gasteiger partial charge in [-0.2, -0.15) is 11.8 Å². The van der Waals surface area contributed by atoms with Gasteiger partial charge in [-0.25, -0.2) is 4.79 Å². The molecule has 0 spiro atoms.